The number of likely N-dealkylation sites (N-methyl/N-ethyl adjacent to an activating group) is 1. The van der Waals surface area contributed by atoms with E-state index in [9.17, 15) is 4.79 Å². The van der Waals surface area contributed by atoms with Gasteiger partial charge in [0, 0.05) is 48.7 Å². The second-order valence-corrected chi connectivity index (χ2v) is 11.8. The van der Waals surface area contributed by atoms with Gasteiger partial charge in [-0.3, -0.25) is 9.69 Å². The molecular weight excluding hydrogens is 499 g/mol. The first kappa shape index (κ1) is 26.8. The Hall–Kier alpha value is -2.84. The van der Waals surface area contributed by atoms with E-state index in [4.69, 9.17) is 9.73 Å². The van der Waals surface area contributed by atoms with Crippen molar-refractivity contribution in [2.75, 3.05) is 49.2 Å². The molecule has 2 aromatic carbocycles. The van der Waals surface area contributed by atoms with Crippen LogP contribution in [0.2, 0.25) is 0 Å². The number of fused-ring (bicyclic) bond motifs is 1. The van der Waals surface area contributed by atoms with Crippen molar-refractivity contribution in [3.05, 3.63) is 58.2 Å². The summed E-state index contributed by atoms with van der Waals surface area (Å²) in [7, 11) is 0. The molecule has 202 valence electrons. The first-order chi connectivity index (χ1) is 18.2. The Morgan fingerprint density at radius 3 is 2.50 bits per heavy atom. The number of carbonyl (C=O) groups is 1. The van der Waals surface area contributed by atoms with Gasteiger partial charge in [0.05, 0.1) is 23.8 Å². The summed E-state index contributed by atoms with van der Waals surface area (Å²) in [4.78, 5) is 24.8. The number of amidine groups is 1. The van der Waals surface area contributed by atoms with Crippen LogP contribution >= 0.6 is 11.8 Å². The van der Waals surface area contributed by atoms with Crippen LogP contribution in [0.1, 0.15) is 58.1 Å². The molecule has 0 aliphatic carbocycles. The van der Waals surface area contributed by atoms with Crippen LogP contribution in [0.3, 0.4) is 0 Å². The highest BCUT2D eigenvalue weighted by molar-refractivity contribution is 8.18. The molecule has 38 heavy (non-hydrogen) atoms. The first-order valence-electron chi connectivity index (χ1n) is 13.6. The third-order valence-corrected chi connectivity index (χ3v) is 8.77. The Bertz CT molecular complexity index is 1270. The normalized spacial score (nSPS) is 23.5. The van der Waals surface area contributed by atoms with Gasteiger partial charge in [-0.25, -0.2) is 9.38 Å². The maximum absolute atomic E-state index is 15.4. The number of benzene rings is 2. The topological polar surface area (TPSA) is 48.4 Å². The Balaban J connectivity index is 1.42. The number of nitrogens with zero attached hydrogens (tertiary/aromatic N) is 4. The fourth-order valence-corrected chi connectivity index (χ4v) is 6.96. The molecule has 3 aliphatic heterocycles. The molecule has 0 aromatic heterocycles. The zero-order valence-electron chi connectivity index (χ0n) is 23.0. The van der Waals surface area contributed by atoms with Crippen molar-refractivity contribution in [3.8, 4) is 0 Å². The molecule has 0 spiro atoms. The maximum Gasteiger partial charge on any atom is 0.266 e. The maximum atomic E-state index is 15.4. The van der Waals surface area contributed by atoms with Gasteiger partial charge in [0.1, 0.15) is 5.82 Å². The molecule has 3 heterocycles. The molecule has 0 bridgehead atoms. The minimum Gasteiger partial charge on any atom is -0.378 e. The van der Waals surface area contributed by atoms with Crippen molar-refractivity contribution in [2.24, 2.45) is 4.99 Å². The van der Waals surface area contributed by atoms with Crippen molar-refractivity contribution in [3.63, 3.8) is 0 Å². The molecule has 1 amide bonds. The Kier molecular flexibility index (Phi) is 7.56. The highest BCUT2D eigenvalue weighted by Crippen LogP contribution is 2.45. The minimum absolute atomic E-state index is 0.0295. The molecule has 1 unspecified atom stereocenters. The number of hydrogen-bond donors (Lipinski definition) is 0. The monoisotopic (exact) mass is 536 g/mol. The number of morpholine rings is 1. The largest absolute Gasteiger partial charge is 0.378 e. The number of aliphatic imine (C=N–C) groups is 1. The van der Waals surface area contributed by atoms with Crippen molar-refractivity contribution in [1.29, 1.82) is 0 Å². The van der Waals surface area contributed by atoms with Crippen LogP contribution < -0.4 is 9.80 Å². The second-order valence-electron chi connectivity index (χ2n) is 10.8. The lowest BCUT2D eigenvalue weighted by molar-refractivity contribution is -0.122. The third kappa shape index (κ3) is 5.08. The fourth-order valence-electron chi connectivity index (χ4n) is 5.91. The van der Waals surface area contributed by atoms with Crippen LogP contribution in [0.25, 0.3) is 6.08 Å². The van der Waals surface area contributed by atoms with E-state index in [0.717, 1.165) is 61.9 Å². The lowest BCUT2D eigenvalue weighted by Gasteiger charge is -2.47. The molecular formula is C30H37FN4O2S. The van der Waals surface area contributed by atoms with Crippen LogP contribution in [-0.2, 0) is 9.53 Å². The lowest BCUT2D eigenvalue weighted by Crippen LogP contribution is -2.48. The van der Waals surface area contributed by atoms with Crippen LogP contribution in [0, 0.1) is 5.82 Å². The van der Waals surface area contributed by atoms with Gasteiger partial charge >= 0.3 is 0 Å². The number of anilines is 2. The summed E-state index contributed by atoms with van der Waals surface area (Å²) in [6.45, 7) is 15.2. The predicted octanol–water partition coefficient (Wildman–Crippen LogP) is 6.40. The smallest absolute Gasteiger partial charge is 0.266 e. The summed E-state index contributed by atoms with van der Waals surface area (Å²) in [6, 6.07) is 11.7. The van der Waals surface area contributed by atoms with Gasteiger partial charge < -0.3 is 14.5 Å². The number of rotatable bonds is 5. The molecule has 2 saturated heterocycles. The van der Waals surface area contributed by atoms with Crippen molar-refractivity contribution >= 4 is 46.0 Å². The van der Waals surface area contributed by atoms with Crippen LogP contribution in [-0.4, -0.2) is 60.9 Å². The quantitative estimate of drug-likeness (QED) is 0.414. The molecule has 3 aliphatic rings. The summed E-state index contributed by atoms with van der Waals surface area (Å²) in [5.74, 6) is -0.139. The van der Waals surface area contributed by atoms with E-state index in [-0.39, 0.29) is 17.3 Å². The number of carbonyl (C=O) groups excluding carboxylic acids is 1. The van der Waals surface area contributed by atoms with Gasteiger partial charge in [0.2, 0.25) is 0 Å². The van der Waals surface area contributed by atoms with Gasteiger partial charge in [-0.2, -0.15) is 0 Å². The summed E-state index contributed by atoms with van der Waals surface area (Å²) < 4.78 is 20.9. The van der Waals surface area contributed by atoms with Crippen LogP contribution in [0.15, 0.2) is 46.3 Å². The molecule has 2 aromatic rings. The lowest BCUT2D eigenvalue weighted by atomic mass is 9.79. The molecule has 6 nitrogen and oxygen atoms in total. The summed E-state index contributed by atoms with van der Waals surface area (Å²) in [6.07, 6.45) is 2.69. The van der Waals surface area contributed by atoms with E-state index in [1.165, 1.54) is 11.8 Å². The van der Waals surface area contributed by atoms with E-state index in [1.807, 2.05) is 25.1 Å². The fraction of sp³-hybridized carbons (Fsp3) is 0.467. The number of thioether (sulfide) groups is 1. The number of halogens is 1. The number of ether oxygens (including phenoxy) is 1. The number of hydrogen-bond acceptors (Lipinski definition) is 6. The van der Waals surface area contributed by atoms with Crippen molar-refractivity contribution in [2.45, 2.75) is 52.5 Å². The van der Waals surface area contributed by atoms with Crippen molar-refractivity contribution < 1.29 is 13.9 Å². The minimum atomic E-state index is -0.305. The summed E-state index contributed by atoms with van der Waals surface area (Å²) >= 11 is 1.31. The standard InChI is InChI=1S/C30H37FN4O2S/c1-6-34-28(36)27(38-29(34)32-22-8-10-23(11-9-22)33-12-14-37-15-13-33)17-21-16-24-20(3)19-30(4,5)35(7-2)26(24)18-25(21)31/h8-11,16-18,20H,6-7,12-15,19H2,1-5H3/b27-17+,32-29?. The van der Waals surface area contributed by atoms with Gasteiger partial charge in [0.25, 0.3) is 5.91 Å². The predicted molar refractivity (Wildman–Crippen MR) is 156 cm³/mol. The Morgan fingerprint density at radius 1 is 1.13 bits per heavy atom. The second kappa shape index (κ2) is 10.7. The molecule has 0 radical (unpaired) electrons. The van der Waals surface area contributed by atoms with E-state index in [2.05, 4.69) is 49.6 Å². The van der Waals surface area contributed by atoms with Gasteiger partial charge in [-0.15, -0.1) is 0 Å². The Morgan fingerprint density at radius 2 is 1.84 bits per heavy atom. The third-order valence-electron chi connectivity index (χ3n) is 7.76. The first-order valence-corrected chi connectivity index (χ1v) is 14.4. The molecule has 0 N–H and O–H groups in total. The zero-order chi connectivity index (χ0) is 27.0. The molecule has 1 atom stereocenters. The number of amides is 1. The average molecular weight is 537 g/mol. The van der Waals surface area contributed by atoms with Gasteiger partial charge in [-0.1, -0.05) is 6.92 Å². The molecule has 8 heteroatoms. The average Bonchev–Trinajstić information content (AvgIpc) is 3.19. The van der Waals surface area contributed by atoms with Crippen LogP contribution in [0.5, 0.6) is 0 Å². The SMILES string of the molecule is CCN1C(=O)/C(=C\c2cc3c(cc2F)N(CC)C(C)(C)CC3C)SC1=Nc1ccc(N2CCOCC2)cc1. The van der Waals surface area contributed by atoms with Crippen LogP contribution in [0.4, 0.5) is 21.5 Å². The zero-order valence-corrected chi connectivity index (χ0v) is 23.8. The highest BCUT2D eigenvalue weighted by atomic mass is 32.2. The van der Waals surface area contributed by atoms with E-state index >= 15 is 4.39 Å². The van der Waals surface area contributed by atoms with E-state index in [0.29, 0.717) is 28.1 Å². The van der Waals surface area contributed by atoms with Crippen molar-refractivity contribution in [1.82, 2.24) is 4.90 Å². The Labute approximate surface area is 229 Å². The van der Waals surface area contributed by atoms with Gasteiger partial charge in [0.15, 0.2) is 5.17 Å². The molecule has 0 saturated carbocycles. The van der Waals surface area contributed by atoms with E-state index in [1.54, 1.807) is 17.0 Å². The summed E-state index contributed by atoms with van der Waals surface area (Å²) in [5, 5.41) is 0.619. The van der Waals surface area contributed by atoms with Gasteiger partial charge in [-0.05, 0) is 99.8 Å². The highest BCUT2D eigenvalue weighted by Gasteiger charge is 2.37. The molecule has 5 rings (SSSR count). The van der Waals surface area contributed by atoms with E-state index < -0.39 is 0 Å². The summed E-state index contributed by atoms with van der Waals surface area (Å²) in [5.41, 5.74) is 4.44. The molecule has 2 fully saturated rings.